The first-order valence-corrected chi connectivity index (χ1v) is 5.99. The monoisotopic (exact) mass is 242 g/mol. The Balaban J connectivity index is 2.18. The number of fused-ring (bicyclic) bond motifs is 1. The van der Waals surface area contributed by atoms with Crippen LogP contribution in [-0.2, 0) is 13.1 Å². The van der Waals surface area contributed by atoms with Gasteiger partial charge in [0, 0.05) is 31.0 Å². The second-order valence-electron chi connectivity index (χ2n) is 4.39. The first-order valence-electron chi connectivity index (χ1n) is 5.99. The summed E-state index contributed by atoms with van der Waals surface area (Å²) in [6.45, 7) is 2.31. The molecule has 1 aliphatic heterocycles. The normalized spacial score (nSPS) is 14.2. The van der Waals surface area contributed by atoms with Crippen molar-refractivity contribution < 1.29 is 9.90 Å². The summed E-state index contributed by atoms with van der Waals surface area (Å²) >= 11 is 0. The Morgan fingerprint density at radius 2 is 2.06 bits per heavy atom. The summed E-state index contributed by atoms with van der Waals surface area (Å²) in [5, 5.41) is 12.5. The van der Waals surface area contributed by atoms with Gasteiger partial charge in [-0.3, -0.25) is 0 Å². The molecule has 0 atom stereocenters. The molecule has 1 aliphatic rings. The molecule has 1 aromatic heterocycles. The van der Waals surface area contributed by atoms with Gasteiger partial charge in [0.2, 0.25) is 0 Å². The topological polar surface area (TPSA) is 54.3 Å². The van der Waals surface area contributed by atoms with Crippen molar-refractivity contribution in [3.63, 3.8) is 0 Å². The van der Waals surface area contributed by atoms with Gasteiger partial charge in [0.05, 0.1) is 5.56 Å². The third-order valence-corrected chi connectivity index (χ3v) is 3.31. The number of nitrogens with one attached hydrogen (secondary N) is 1. The smallest absolute Gasteiger partial charge is 0.337 e. The fourth-order valence-electron chi connectivity index (χ4n) is 2.47. The molecular formula is C14H14N2O2. The van der Waals surface area contributed by atoms with E-state index in [0.29, 0.717) is 12.1 Å². The fourth-order valence-corrected chi connectivity index (χ4v) is 2.47. The Kier molecular flexibility index (Phi) is 2.64. The van der Waals surface area contributed by atoms with E-state index in [1.807, 2.05) is 30.3 Å². The van der Waals surface area contributed by atoms with Crippen molar-refractivity contribution in [1.29, 1.82) is 0 Å². The van der Waals surface area contributed by atoms with E-state index in [1.54, 1.807) is 6.07 Å². The number of benzene rings is 1. The van der Waals surface area contributed by atoms with Crippen LogP contribution in [0.25, 0.3) is 11.3 Å². The highest BCUT2D eigenvalue weighted by Crippen LogP contribution is 2.27. The van der Waals surface area contributed by atoms with E-state index < -0.39 is 5.97 Å². The Morgan fingerprint density at radius 1 is 1.28 bits per heavy atom. The van der Waals surface area contributed by atoms with Crippen molar-refractivity contribution >= 4 is 5.97 Å². The van der Waals surface area contributed by atoms with E-state index in [-0.39, 0.29) is 0 Å². The molecule has 2 aromatic rings. The number of aromatic carboxylic acids is 1. The van der Waals surface area contributed by atoms with Crippen molar-refractivity contribution in [3.8, 4) is 11.3 Å². The minimum atomic E-state index is -0.857. The van der Waals surface area contributed by atoms with Crippen LogP contribution in [0.1, 0.15) is 16.1 Å². The molecule has 0 radical (unpaired) electrons. The average molecular weight is 242 g/mol. The molecule has 0 unspecified atom stereocenters. The van der Waals surface area contributed by atoms with Gasteiger partial charge >= 0.3 is 5.97 Å². The number of nitrogens with zero attached hydrogens (tertiary/aromatic N) is 1. The summed E-state index contributed by atoms with van der Waals surface area (Å²) in [4.78, 5) is 11.3. The van der Waals surface area contributed by atoms with Gasteiger partial charge in [0.25, 0.3) is 0 Å². The van der Waals surface area contributed by atoms with Gasteiger partial charge in [0.15, 0.2) is 0 Å². The molecule has 0 saturated heterocycles. The van der Waals surface area contributed by atoms with Gasteiger partial charge in [-0.2, -0.15) is 0 Å². The third kappa shape index (κ3) is 1.71. The highest BCUT2D eigenvalue weighted by Gasteiger charge is 2.22. The molecule has 0 bridgehead atoms. The SMILES string of the molecule is O=C(O)c1cc(-c2ccccc2)n2c1CNCC2. The molecule has 3 rings (SSSR count). The summed E-state index contributed by atoms with van der Waals surface area (Å²) in [5.74, 6) is -0.857. The van der Waals surface area contributed by atoms with Crippen LogP contribution in [0.4, 0.5) is 0 Å². The Hall–Kier alpha value is -2.07. The molecule has 4 nitrogen and oxygen atoms in total. The van der Waals surface area contributed by atoms with Crippen molar-refractivity contribution in [2.45, 2.75) is 13.1 Å². The molecule has 0 fully saturated rings. The lowest BCUT2D eigenvalue weighted by Crippen LogP contribution is -2.29. The number of hydrogen-bond donors (Lipinski definition) is 2. The second kappa shape index (κ2) is 4.31. The average Bonchev–Trinajstić information content (AvgIpc) is 2.79. The van der Waals surface area contributed by atoms with E-state index in [9.17, 15) is 9.90 Å². The van der Waals surface area contributed by atoms with Crippen molar-refractivity contribution in [3.05, 3.63) is 47.7 Å². The van der Waals surface area contributed by atoms with Crippen LogP contribution in [0, 0.1) is 0 Å². The van der Waals surface area contributed by atoms with Crippen molar-refractivity contribution in [2.24, 2.45) is 0 Å². The maximum atomic E-state index is 11.3. The van der Waals surface area contributed by atoms with E-state index in [2.05, 4.69) is 9.88 Å². The standard InChI is InChI=1S/C14H14N2O2/c17-14(18)11-8-12(10-4-2-1-3-5-10)16-7-6-15-9-13(11)16/h1-5,8,15H,6-7,9H2,(H,17,18). The van der Waals surface area contributed by atoms with Crippen molar-refractivity contribution in [1.82, 2.24) is 9.88 Å². The van der Waals surface area contributed by atoms with Crippen LogP contribution in [0.15, 0.2) is 36.4 Å². The van der Waals surface area contributed by atoms with Crippen LogP contribution < -0.4 is 5.32 Å². The summed E-state index contributed by atoms with van der Waals surface area (Å²) in [7, 11) is 0. The van der Waals surface area contributed by atoms with Gasteiger partial charge in [-0.1, -0.05) is 30.3 Å². The quantitative estimate of drug-likeness (QED) is 0.846. The molecule has 1 aromatic carbocycles. The zero-order chi connectivity index (χ0) is 12.5. The largest absolute Gasteiger partial charge is 0.478 e. The summed E-state index contributed by atoms with van der Waals surface area (Å²) in [5.41, 5.74) is 3.33. The van der Waals surface area contributed by atoms with Crippen LogP contribution in [0.5, 0.6) is 0 Å². The van der Waals surface area contributed by atoms with Crippen LogP contribution >= 0.6 is 0 Å². The predicted molar refractivity (Wildman–Crippen MR) is 68.5 cm³/mol. The molecule has 2 N–H and O–H groups in total. The number of aromatic nitrogens is 1. The molecule has 0 spiro atoms. The molecule has 0 amide bonds. The highest BCUT2D eigenvalue weighted by atomic mass is 16.4. The number of rotatable bonds is 2. The Labute approximate surface area is 105 Å². The lowest BCUT2D eigenvalue weighted by Gasteiger charge is -2.19. The molecule has 0 aliphatic carbocycles. The second-order valence-corrected chi connectivity index (χ2v) is 4.39. The summed E-state index contributed by atoms with van der Waals surface area (Å²) < 4.78 is 2.11. The molecule has 2 heterocycles. The van der Waals surface area contributed by atoms with E-state index in [0.717, 1.165) is 30.0 Å². The van der Waals surface area contributed by atoms with E-state index in [1.165, 1.54) is 0 Å². The van der Waals surface area contributed by atoms with Crippen LogP contribution in [0.3, 0.4) is 0 Å². The first-order chi connectivity index (χ1) is 8.77. The van der Waals surface area contributed by atoms with E-state index in [4.69, 9.17) is 0 Å². The van der Waals surface area contributed by atoms with Gasteiger partial charge in [0.1, 0.15) is 0 Å². The molecule has 4 heteroatoms. The zero-order valence-electron chi connectivity index (χ0n) is 9.89. The van der Waals surface area contributed by atoms with E-state index >= 15 is 0 Å². The summed E-state index contributed by atoms with van der Waals surface area (Å²) in [6, 6.07) is 11.7. The van der Waals surface area contributed by atoms with Gasteiger partial charge < -0.3 is 15.0 Å². The third-order valence-electron chi connectivity index (χ3n) is 3.31. The van der Waals surface area contributed by atoms with Crippen LogP contribution in [0.2, 0.25) is 0 Å². The van der Waals surface area contributed by atoms with Crippen LogP contribution in [-0.4, -0.2) is 22.2 Å². The molecular weight excluding hydrogens is 228 g/mol. The Bertz CT molecular complexity index is 587. The summed E-state index contributed by atoms with van der Waals surface area (Å²) in [6.07, 6.45) is 0. The number of carboxylic acid groups (broad SMARTS) is 1. The van der Waals surface area contributed by atoms with Gasteiger partial charge in [-0.05, 0) is 11.6 Å². The maximum absolute atomic E-state index is 11.3. The minimum absolute atomic E-state index is 0.404. The lowest BCUT2D eigenvalue weighted by molar-refractivity contribution is 0.0695. The number of hydrogen-bond acceptors (Lipinski definition) is 2. The highest BCUT2D eigenvalue weighted by molar-refractivity contribution is 5.91. The number of carbonyl (C=O) groups is 1. The minimum Gasteiger partial charge on any atom is -0.478 e. The first kappa shape index (κ1) is 11.0. The van der Waals surface area contributed by atoms with Crippen molar-refractivity contribution in [2.75, 3.05) is 6.54 Å². The molecule has 18 heavy (non-hydrogen) atoms. The van der Waals surface area contributed by atoms with Gasteiger partial charge in [-0.15, -0.1) is 0 Å². The maximum Gasteiger partial charge on any atom is 0.337 e. The predicted octanol–water partition coefficient (Wildman–Crippen LogP) is 1.96. The van der Waals surface area contributed by atoms with Gasteiger partial charge in [-0.25, -0.2) is 4.79 Å². The number of carboxylic acids is 1. The Morgan fingerprint density at radius 3 is 2.78 bits per heavy atom. The fraction of sp³-hybridized carbons (Fsp3) is 0.214. The lowest BCUT2D eigenvalue weighted by atomic mass is 10.1. The zero-order valence-corrected chi connectivity index (χ0v) is 9.89. The molecule has 92 valence electrons. The molecule has 0 saturated carbocycles.